The molecule has 0 unspecified atom stereocenters. The van der Waals surface area contributed by atoms with E-state index in [-0.39, 0.29) is 0 Å². The van der Waals surface area contributed by atoms with Crippen LogP contribution in [0.1, 0.15) is 16.7 Å². The summed E-state index contributed by atoms with van der Waals surface area (Å²) in [5.74, 6) is 0. The van der Waals surface area contributed by atoms with Crippen LogP contribution in [0.4, 0.5) is 5.69 Å². The Bertz CT molecular complexity index is 612. The van der Waals surface area contributed by atoms with Crippen LogP contribution in [0.2, 0.25) is 0 Å². The molecular weight excluding hydrogens is 300 g/mol. The third-order valence-corrected chi connectivity index (χ3v) is 3.71. The van der Waals surface area contributed by atoms with Crippen LogP contribution in [0.15, 0.2) is 46.9 Å². The normalized spacial score (nSPS) is 10.0. The number of aryl methyl sites for hydroxylation is 1. The van der Waals surface area contributed by atoms with Crippen molar-refractivity contribution in [1.29, 1.82) is 5.26 Å². The Morgan fingerprint density at radius 3 is 2.42 bits per heavy atom. The number of anilines is 1. The van der Waals surface area contributed by atoms with Crippen LogP contribution in [0, 0.1) is 18.3 Å². The van der Waals surface area contributed by atoms with Gasteiger partial charge in [0.1, 0.15) is 6.07 Å². The number of benzene rings is 2. The molecule has 2 aromatic carbocycles. The van der Waals surface area contributed by atoms with Crippen molar-refractivity contribution >= 4 is 21.6 Å². The van der Waals surface area contributed by atoms with E-state index < -0.39 is 0 Å². The molecule has 19 heavy (non-hydrogen) atoms. The lowest BCUT2D eigenvalue weighted by Crippen LogP contribution is -2.16. The molecule has 96 valence electrons. The molecular formula is C16H15BrN2. The van der Waals surface area contributed by atoms with Gasteiger partial charge in [-0.3, -0.25) is 0 Å². The first kappa shape index (κ1) is 13.6. The number of halogens is 1. The molecule has 0 saturated heterocycles. The smallest absolute Gasteiger partial charge is 0.100 e. The molecule has 3 heteroatoms. The largest absolute Gasteiger partial charge is 0.370 e. The molecule has 0 N–H and O–H groups in total. The van der Waals surface area contributed by atoms with Crippen LogP contribution in [-0.2, 0) is 6.54 Å². The van der Waals surface area contributed by atoms with Gasteiger partial charge in [-0.05, 0) is 46.6 Å². The highest BCUT2D eigenvalue weighted by atomic mass is 79.9. The number of nitriles is 1. The lowest BCUT2D eigenvalue weighted by molar-refractivity contribution is 0.922. The number of hydrogen-bond acceptors (Lipinski definition) is 2. The van der Waals surface area contributed by atoms with Crippen molar-refractivity contribution in [2.24, 2.45) is 0 Å². The topological polar surface area (TPSA) is 27.0 Å². The molecule has 0 amide bonds. The molecule has 2 nitrogen and oxygen atoms in total. The van der Waals surface area contributed by atoms with Crippen LogP contribution in [-0.4, -0.2) is 7.05 Å². The zero-order valence-corrected chi connectivity index (χ0v) is 12.6. The van der Waals surface area contributed by atoms with E-state index in [0.717, 1.165) is 16.7 Å². The van der Waals surface area contributed by atoms with E-state index in [0.29, 0.717) is 5.56 Å². The van der Waals surface area contributed by atoms with Gasteiger partial charge in [0.15, 0.2) is 0 Å². The fourth-order valence-electron chi connectivity index (χ4n) is 1.89. The highest BCUT2D eigenvalue weighted by molar-refractivity contribution is 9.10. The molecule has 2 rings (SSSR count). The Kier molecular flexibility index (Phi) is 4.24. The molecule has 0 bridgehead atoms. The van der Waals surface area contributed by atoms with E-state index in [4.69, 9.17) is 5.26 Å². The highest BCUT2D eigenvalue weighted by Gasteiger charge is 2.05. The number of hydrogen-bond donors (Lipinski definition) is 0. The fraction of sp³-hybridized carbons (Fsp3) is 0.188. The third kappa shape index (κ3) is 3.36. The molecule has 0 atom stereocenters. The quantitative estimate of drug-likeness (QED) is 0.846. The van der Waals surface area contributed by atoms with E-state index in [1.807, 2.05) is 25.2 Å². The summed E-state index contributed by atoms with van der Waals surface area (Å²) < 4.78 is 0.836. The highest BCUT2D eigenvalue weighted by Crippen LogP contribution is 2.24. The first-order chi connectivity index (χ1) is 9.10. The SMILES string of the molecule is Cc1ccc(CN(C)c2ccc(C#N)c(Br)c2)cc1. The summed E-state index contributed by atoms with van der Waals surface area (Å²) in [5.41, 5.74) is 4.29. The molecule has 0 aliphatic carbocycles. The average Bonchev–Trinajstić information content (AvgIpc) is 2.41. The Hall–Kier alpha value is -1.79. The first-order valence-electron chi connectivity index (χ1n) is 6.06. The molecule has 2 aromatic rings. The van der Waals surface area contributed by atoms with Crippen molar-refractivity contribution < 1.29 is 0 Å². The van der Waals surface area contributed by atoms with E-state index >= 15 is 0 Å². The van der Waals surface area contributed by atoms with Gasteiger partial charge in [0.2, 0.25) is 0 Å². The molecule has 0 aliphatic rings. The predicted octanol–water partition coefficient (Wildman–Crippen LogP) is 4.27. The van der Waals surface area contributed by atoms with Crippen molar-refractivity contribution in [3.8, 4) is 6.07 Å². The van der Waals surface area contributed by atoms with Gasteiger partial charge >= 0.3 is 0 Å². The van der Waals surface area contributed by atoms with Crippen molar-refractivity contribution in [2.75, 3.05) is 11.9 Å². The Morgan fingerprint density at radius 1 is 1.16 bits per heavy atom. The summed E-state index contributed by atoms with van der Waals surface area (Å²) in [4.78, 5) is 2.16. The first-order valence-corrected chi connectivity index (χ1v) is 6.86. The van der Waals surface area contributed by atoms with Crippen LogP contribution in [0.25, 0.3) is 0 Å². The predicted molar refractivity (Wildman–Crippen MR) is 82.1 cm³/mol. The maximum atomic E-state index is 8.92. The van der Waals surface area contributed by atoms with Gasteiger partial charge in [0.05, 0.1) is 5.56 Å². The van der Waals surface area contributed by atoms with Gasteiger partial charge in [-0.25, -0.2) is 0 Å². The van der Waals surface area contributed by atoms with Crippen molar-refractivity contribution in [1.82, 2.24) is 0 Å². The Balaban J connectivity index is 2.16. The number of rotatable bonds is 3. The van der Waals surface area contributed by atoms with Crippen molar-refractivity contribution in [3.63, 3.8) is 0 Å². The van der Waals surface area contributed by atoms with E-state index in [9.17, 15) is 0 Å². The number of nitrogens with zero attached hydrogens (tertiary/aromatic N) is 2. The van der Waals surface area contributed by atoms with E-state index in [1.165, 1.54) is 11.1 Å². The van der Waals surface area contributed by atoms with Crippen LogP contribution < -0.4 is 4.90 Å². The van der Waals surface area contributed by atoms with Crippen molar-refractivity contribution in [3.05, 3.63) is 63.6 Å². The van der Waals surface area contributed by atoms with Gasteiger partial charge in [-0.15, -0.1) is 0 Å². The maximum Gasteiger partial charge on any atom is 0.100 e. The summed E-state index contributed by atoms with van der Waals surface area (Å²) in [6.07, 6.45) is 0. The summed E-state index contributed by atoms with van der Waals surface area (Å²) >= 11 is 3.42. The van der Waals surface area contributed by atoms with Gasteiger partial charge < -0.3 is 4.90 Å². The second-order valence-corrected chi connectivity index (χ2v) is 5.47. The van der Waals surface area contributed by atoms with Crippen LogP contribution >= 0.6 is 15.9 Å². The molecule has 0 heterocycles. The van der Waals surface area contributed by atoms with Gasteiger partial charge in [-0.1, -0.05) is 29.8 Å². The molecule has 0 spiro atoms. The second-order valence-electron chi connectivity index (χ2n) is 4.62. The van der Waals surface area contributed by atoms with E-state index in [2.05, 4.69) is 58.1 Å². The average molecular weight is 315 g/mol. The minimum Gasteiger partial charge on any atom is -0.370 e. The lowest BCUT2D eigenvalue weighted by atomic mass is 10.1. The zero-order valence-electron chi connectivity index (χ0n) is 11.0. The third-order valence-electron chi connectivity index (χ3n) is 3.05. The summed E-state index contributed by atoms with van der Waals surface area (Å²) in [7, 11) is 2.05. The molecule has 0 radical (unpaired) electrons. The van der Waals surface area contributed by atoms with Crippen LogP contribution in [0.3, 0.4) is 0 Å². The minimum atomic E-state index is 0.660. The summed E-state index contributed by atoms with van der Waals surface area (Å²) in [5, 5.41) is 8.92. The molecule has 0 aliphatic heterocycles. The molecule has 0 fully saturated rings. The van der Waals surface area contributed by atoms with Gasteiger partial charge in [-0.2, -0.15) is 5.26 Å². The standard InChI is InChI=1S/C16H15BrN2/c1-12-3-5-13(6-4-12)11-19(2)15-8-7-14(10-18)16(17)9-15/h3-9H,11H2,1-2H3. The fourth-order valence-corrected chi connectivity index (χ4v) is 2.35. The van der Waals surface area contributed by atoms with Crippen molar-refractivity contribution in [2.45, 2.75) is 13.5 Å². The van der Waals surface area contributed by atoms with Gasteiger partial charge in [0.25, 0.3) is 0 Å². The monoisotopic (exact) mass is 314 g/mol. The Labute approximate surface area is 122 Å². The molecule has 0 aromatic heterocycles. The summed E-state index contributed by atoms with van der Waals surface area (Å²) in [6.45, 7) is 2.93. The van der Waals surface area contributed by atoms with Gasteiger partial charge in [0, 0.05) is 23.8 Å². The summed E-state index contributed by atoms with van der Waals surface area (Å²) in [6, 6.07) is 16.5. The van der Waals surface area contributed by atoms with E-state index in [1.54, 1.807) is 0 Å². The Morgan fingerprint density at radius 2 is 1.84 bits per heavy atom. The van der Waals surface area contributed by atoms with Crippen LogP contribution in [0.5, 0.6) is 0 Å². The minimum absolute atomic E-state index is 0.660. The second kappa shape index (κ2) is 5.90. The lowest BCUT2D eigenvalue weighted by Gasteiger charge is -2.20. The molecule has 0 saturated carbocycles. The zero-order chi connectivity index (χ0) is 13.8. The maximum absolute atomic E-state index is 8.92.